The highest BCUT2D eigenvalue weighted by Crippen LogP contribution is 2.23. The van der Waals surface area contributed by atoms with Gasteiger partial charge < -0.3 is 5.32 Å². The zero-order chi connectivity index (χ0) is 9.38. The third-order valence-electron chi connectivity index (χ3n) is 2.69. The van der Waals surface area contributed by atoms with E-state index in [0.717, 1.165) is 12.6 Å². The van der Waals surface area contributed by atoms with Crippen LogP contribution in [0.1, 0.15) is 18.4 Å². The Balaban J connectivity index is 1.81. The van der Waals surface area contributed by atoms with Crippen molar-refractivity contribution in [3.05, 3.63) is 35.2 Å². The maximum Gasteiger partial charge on any atom is 0.0342 e. The zero-order valence-corrected chi connectivity index (χ0v) is 8.81. The second-order valence-corrected chi connectivity index (χ2v) is 4.90. The van der Waals surface area contributed by atoms with Crippen LogP contribution in [0.4, 0.5) is 0 Å². The lowest BCUT2D eigenvalue weighted by Gasteiger charge is -2.02. The van der Waals surface area contributed by atoms with E-state index in [1.807, 2.05) is 11.3 Å². The van der Waals surface area contributed by atoms with Crippen molar-refractivity contribution in [1.82, 2.24) is 5.32 Å². The SMILES string of the molecule is c1cc2cc(CNC3CC3)ccc2s1. The molecule has 0 aliphatic heterocycles. The van der Waals surface area contributed by atoms with Gasteiger partial charge in [-0.05, 0) is 47.4 Å². The van der Waals surface area contributed by atoms with E-state index in [-0.39, 0.29) is 0 Å². The van der Waals surface area contributed by atoms with E-state index >= 15 is 0 Å². The molecule has 1 aliphatic rings. The van der Waals surface area contributed by atoms with E-state index in [1.165, 1.54) is 28.5 Å². The highest BCUT2D eigenvalue weighted by atomic mass is 32.1. The molecule has 0 amide bonds. The van der Waals surface area contributed by atoms with Crippen LogP contribution in [0, 0.1) is 0 Å². The average Bonchev–Trinajstić information content (AvgIpc) is 2.92. The van der Waals surface area contributed by atoms with E-state index in [1.54, 1.807) is 0 Å². The first kappa shape index (κ1) is 8.45. The largest absolute Gasteiger partial charge is 0.310 e. The molecule has 0 bridgehead atoms. The number of nitrogens with one attached hydrogen (secondary N) is 1. The summed E-state index contributed by atoms with van der Waals surface area (Å²) in [5, 5.41) is 7.07. The van der Waals surface area contributed by atoms with Crippen LogP contribution >= 0.6 is 11.3 Å². The van der Waals surface area contributed by atoms with Gasteiger partial charge >= 0.3 is 0 Å². The Morgan fingerprint density at radius 2 is 2.21 bits per heavy atom. The molecule has 1 N–H and O–H groups in total. The maximum atomic E-state index is 3.53. The highest BCUT2D eigenvalue weighted by molar-refractivity contribution is 7.17. The van der Waals surface area contributed by atoms with Crippen LogP contribution in [-0.4, -0.2) is 6.04 Å². The lowest BCUT2D eigenvalue weighted by molar-refractivity contribution is 0.688. The second-order valence-electron chi connectivity index (χ2n) is 3.95. The number of benzene rings is 1. The van der Waals surface area contributed by atoms with Gasteiger partial charge in [-0.25, -0.2) is 0 Å². The van der Waals surface area contributed by atoms with Gasteiger partial charge in [0.2, 0.25) is 0 Å². The van der Waals surface area contributed by atoms with E-state index < -0.39 is 0 Å². The quantitative estimate of drug-likeness (QED) is 0.808. The minimum atomic E-state index is 0.799. The van der Waals surface area contributed by atoms with Crippen LogP contribution < -0.4 is 5.32 Å². The van der Waals surface area contributed by atoms with Crippen molar-refractivity contribution in [1.29, 1.82) is 0 Å². The molecule has 0 atom stereocenters. The average molecular weight is 203 g/mol. The molecule has 14 heavy (non-hydrogen) atoms. The molecular weight excluding hydrogens is 190 g/mol. The number of hydrogen-bond donors (Lipinski definition) is 1. The zero-order valence-electron chi connectivity index (χ0n) is 7.99. The Morgan fingerprint density at radius 1 is 1.29 bits per heavy atom. The molecule has 1 nitrogen and oxygen atoms in total. The highest BCUT2D eigenvalue weighted by Gasteiger charge is 2.19. The summed E-state index contributed by atoms with van der Waals surface area (Å²) in [4.78, 5) is 0. The first-order chi connectivity index (χ1) is 6.92. The maximum absolute atomic E-state index is 3.53. The summed E-state index contributed by atoms with van der Waals surface area (Å²) in [6.45, 7) is 1.02. The van der Waals surface area contributed by atoms with Crippen molar-refractivity contribution in [2.75, 3.05) is 0 Å². The van der Waals surface area contributed by atoms with Crippen molar-refractivity contribution in [3.8, 4) is 0 Å². The van der Waals surface area contributed by atoms with Gasteiger partial charge in [0.1, 0.15) is 0 Å². The fourth-order valence-electron chi connectivity index (χ4n) is 1.68. The van der Waals surface area contributed by atoms with Crippen LogP contribution in [0.15, 0.2) is 29.6 Å². The molecule has 0 saturated heterocycles. The smallest absolute Gasteiger partial charge is 0.0342 e. The third-order valence-corrected chi connectivity index (χ3v) is 3.59. The molecule has 1 fully saturated rings. The summed E-state index contributed by atoms with van der Waals surface area (Å²) in [5.74, 6) is 0. The van der Waals surface area contributed by atoms with E-state index in [0.29, 0.717) is 0 Å². The molecule has 0 unspecified atom stereocenters. The van der Waals surface area contributed by atoms with Crippen molar-refractivity contribution >= 4 is 21.4 Å². The second kappa shape index (κ2) is 3.37. The summed E-state index contributed by atoms with van der Waals surface area (Å²) in [7, 11) is 0. The summed E-state index contributed by atoms with van der Waals surface area (Å²) >= 11 is 1.81. The Labute approximate surface area is 87.8 Å². The predicted molar refractivity (Wildman–Crippen MR) is 61.7 cm³/mol. The summed E-state index contributed by atoms with van der Waals surface area (Å²) < 4.78 is 1.39. The van der Waals surface area contributed by atoms with Gasteiger partial charge in [0.05, 0.1) is 0 Å². The predicted octanol–water partition coefficient (Wildman–Crippen LogP) is 3.15. The fraction of sp³-hybridized carbons (Fsp3) is 0.333. The summed E-state index contributed by atoms with van der Waals surface area (Å²) in [5.41, 5.74) is 1.41. The number of thiophene rings is 1. The molecule has 0 spiro atoms. The standard InChI is InChI=1S/C12H13NS/c1-4-12-10(5-6-14-12)7-9(1)8-13-11-2-3-11/h1,4-7,11,13H,2-3,8H2. The number of fused-ring (bicyclic) bond motifs is 1. The Hall–Kier alpha value is -0.860. The minimum absolute atomic E-state index is 0.799. The van der Waals surface area contributed by atoms with Crippen molar-refractivity contribution in [2.45, 2.75) is 25.4 Å². The van der Waals surface area contributed by atoms with Gasteiger partial charge in [-0.2, -0.15) is 0 Å². The molecule has 1 aromatic carbocycles. The normalized spacial score (nSPS) is 16.3. The lowest BCUT2D eigenvalue weighted by atomic mass is 10.2. The van der Waals surface area contributed by atoms with E-state index in [2.05, 4.69) is 35.0 Å². The molecule has 2 aromatic rings. The molecule has 3 rings (SSSR count). The van der Waals surface area contributed by atoms with E-state index in [9.17, 15) is 0 Å². The van der Waals surface area contributed by atoms with Crippen molar-refractivity contribution in [3.63, 3.8) is 0 Å². The molecule has 2 heteroatoms. The number of rotatable bonds is 3. The van der Waals surface area contributed by atoms with Crippen molar-refractivity contribution in [2.24, 2.45) is 0 Å². The van der Waals surface area contributed by atoms with Gasteiger partial charge in [0.25, 0.3) is 0 Å². The van der Waals surface area contributed by atoms with Gasteiger partial charge in [-0.1, -0.05) is 6.07 Å². The minimum Gasteiger partial charge on any atom is -0.310 e. The van der Waals surface area contributed by atoms with Crippen LogP contribution in [0.2, 0.25) is 0 Å². The summed E-state index contributed by atoms with van der Waals surface area (Å²) in [6.07, 6.45) is 2.72. The van der Waals surface area contributed by atoms with Gasteiger partial charge in [-0.3, -0.25) is 0 Å². The topological polar surface area (TPSA) is 12.0 Å². The molecule has 1 aliphatic carbocycles. The molecular formula is C12H13NS. The van der Waals surface area contributed by atoms with Crippen LogP contribution in [0.3, 0.4) is 0 Å². The molecule has 1 aromatic heterocycles. The van der Waals surface area contributed by atoms with Crippen LogP contribution in [0.25, 0.3) is 10.1 Å². The Morgan fingerprint density at radius 3 is 3.07 bits per heavy atom. The number of hydrogen-bond acceptors (Lipinski definition) is 2. The van der Waals surface area contributed by atoms with Gasteiger partial charge in [0, 0.05) is 17.3 Å². The van der Waals surface area contributed by atoms with Crippen LogP contribution in [-0.2, 0) is 6.54 Å². The molecule has 1 saturated carbocycles. The fourth-order valence-corrected chi connectivity index (χ4v) is 2.45. The molecule has 1 heterocycles. The Bertz CT molecular complexity index is 442. The lowest BCUT2D eigenvalue weighted by Crippen LogP contribution is -2.14. The van der Waals surface area contributed by atoms with Gasteiger partial charge in [0.15, 0.2) is 0 Å². The monoisotopic (exact) mass is 203 g/mol. The first-order valence-electron chi connectivity index (χ1n) is 5.11. The van der Waals surface area contributed by atoms with Crippen molar-refractivity contribution < 1.29 is 0 Å². The molecule has 72 valence electrons. The van der Waals surface area contributed by atoms with Crippen LogP contribution in [0.5, 0.6) is 0 Å². The Kier molecular flexibility index (Phi) is 2.03. The third kappa shape index (κ3) is 1.68. The first-order valence-corrected chi connectivity index (χ1v) is 5.99. The summed E-state index contributed by atoms with van der Waals surface area (Å²) in [6, 6.07) is 9.74. The van der Waals surface area contributed by atoms with E-state index in [4.69, 9.17) is 0 Å². The van der Waals surface area contributed by atoms with Gasteiger partial charge in [-0.15, -0.1) is 11.3 Å². The molecule has 0 radical (unpaired) electrons.